The lowest BCUT2D eigenvalue weighted by Crippen LogP contribution is -2.26. The third kappa shape index (κ3) is 5.47. The normalized spacial score (nSPS) is 11.9. The van der Waals surface area contributed by atoms with E-state index in [1.54, 1.807) is 13.0 Å². The molecule has 0 saturated heterocycles. The molecule has 164 valence electrons. The van der Waals surface area contributed by atoms with Crippen molar-refractivity contribution in [3.8, 4) is 0 Å². The Kier molecular flexibility index (Phi) is 7.39. The number of rotatable bonds is 8. The van der Waals surface area contributed by atoms with Crippen molar-refractivity contribution < 1.29 is 14.0 Å². The number of carbonyl (C=O) groups is 2. The number of hydrogen-bond acceptors (Lipinski definition) is 7. The summed E-state index contributed by atoms with van der Waals surface area (Å²) in [5, 5.41) is 14.5. The molecular weight excluding hydrogens is 439 g/mol. The quantitative estimate of drug-likeness (QED) is 0.497. The van der Waals surface area contributed by atoms with E-state index in [-0.39, 0.29) is 18.0 Å². The van der Waals surface area contributed by atoms with Gasteiger partial charge in [-0.3, -0.25) is 9.59 Å². The van der Waals surface area contributed by atoms with Crippen LogP contribution in [0.2, 0.25) is 0 Å². The molecule has 0 aliphatic carbocycles. The van der Waals surface area contributed by atoms with Crippen LogP contribution in [-0.2, 0) is 17.9 Å². The predicted octanol–water partition coefficient (Wildman–Crippen LogP) is 3.56. The highest BCUT2D eigenvalue weighted by Gasteiger charge is 2.21. The Balaban J connectivity index is 1.63. The van der Waals surface area contributed by atoms with Crippen molar-refractivity contribution in [2.75, 3.05) is 5.32 Å². The average molecular weight is 463 g/mol. The van der Waals surface area contributed by atoms with Gasteiger partial charge >= 0.3 is 0 Å². The Bertz CT molecular complexity index is 1080. The van der Waals surface area contributed by atoms with E-state index in [0.29, 0.717) is 22.7 Å². The fourth-order valence-corrected chi connectivity index (χ4v) is 4.45. The van der Waals surface area contributed by atoms with Crippen molar-refractivity contribution in [2.24, 2.45) is 0 Å². The van der Waals surface area contributed by atoms with Crippen LogP contribution in [0.15, 0.2) is 29.4 Å². The van der Waals surface area contributed by atoms with Gasteiger partial charge in [0.2, 0.25) is 5.91 Å². The van der Waals surface area contributed by atoms with Gasteiger partial charge in [0.15, 0.2) is 16.1 Å². The summed E-state index contributed by atoms with van der Waals surface area (Å²) in [6.07, 6.45) is 0. The molecule has 11 heteroatoms. The zero-order valence-corrected chi connectivity index (χ0v) is 19.2. The number of halogens is 1. The molecule has 0 spiro atoms. The Morgan fingerprint density at radius 3 is 2.65 bits per heavy atom. The molecular formula is C20H23FN6O2S2. The summed E-state index contributed by atoms with van der Waals surface area (Å²) in [5.74, 6) is -0.773. The highest BCUT2D eigenvalue weighted by atomic mass is 32.2. The fraction of sp³-hybridized carbons (Fsp3) is 0.350. The van der Waals surface area contributed by atoms with E-state index < -0.39 is 17.0 Å². The zero-order chi connectivity index (χ0) is 22.5. The Labute approximate surface area is 187 Å². The molecule has 3 aromatic rings. The van der Waals surface area contributed by atoms with Gasteiger partial charge in [0, 0.05) is 11.4 Å². The van der Waals surface area contributed by atoms with Gasteiger partial charge in [-0.2, -0.15) is 0 Å². The molecule has 0 radical (unpaired) electrons. The summed E-state index contributed by atoms with van der Waals surface area (Å²) in [4.78, 5) is 30.2. The van der Waals surface area contributed by atoms with Crippen molar-refractivity contribution in [3.63, 3.8) is 0 Å². The third-order valence-electron chi connectivity index (χ3n) is 4.55. The smallest absolute Gasteiger partial charge is 0.254 e. The first kappa shape index (κ1) is 22.9. The molecule has 0 aliphatic heterocycles. The predicted molar refractivity (Wildman–Crippen MR) is 119 cm³/mol. The van der Waals surface area contributed by atoms with Crippen molar-refractivity contribution in [1.82, 2.24) is 25.1 Å². The lowest BCUT2D eigenvalue weighted by Gasteiger charge is -2.12. The van der Waals surface area contributed by atoms with Crippen LogP contribution in [-0.4, -0.2) is 36.8 Å². The van der Waals surface area contributed by atoms with Crippen molar-refractivity contribution in [1.29, 1.82) is 0 Å². The minimum absolute atomic E-state index is 0.0300. The maximum absolute atomic E-state index is 13.8. The lowest BCUT2D eigenvalue weighted by atomic mass is 10.2. The Morgan fingerprint density at radius 1 is 1.26 bits per heavy atom. The molecule has 3 rings (SSSR count). The molecule has 2 N–H and O–H groups in total. The lowest BCUT2D eigenvalue weighted by molar-refractivity contribution is -0.115. The molecule has 0 saturated carbocycles. The fourth-order valence-electron chi connectivity index (χ4n) is 2.70. The third-order valence-corrected chi connectivity index (χ3v) is 6.61. The molecule has 1 aromatic carbocycles. The summed E-state index contributed by atoms with van der Waals surface area (Å²) >= 11 is 2.70. The molecule has 1 atom stereocenters. The van der Waals surface area contributed by atoms with Crippen molar-refractivity contribution in [2.45, 2.75) is 51.2 Å². The molecule has 8 nitrogen and oxygen atoms in total. The zero-order valence-electron chi connectivity index (χ0n) is 17.6. The number of thiazole rings is 1. The van der Waals surface area contributed by atoms with Crippen LogP contribution in [0.5, 0.6) is 0 Å². The standard InChI is InChI=1S/C20H23FN6O2S2/c1-5-27-16(10-22-18(29)14-8-6-7-9-15(14)21)25-26-20(27)31-13(4)17(28)24-19-23-11(2)12(3)30-19/h6-9,13H,5,10H2,1-4H3,(H,22,29)(H,23,24,28)/t13-/m0/s1. The highest BCUT2D eigenvalue weighted by Crippen LogP contribution is 2.25. The number of amides is 2. The minimum atomic E-state index is -0.585. The van der Waals surface area contributed by atoms with Gasteiger partial charge in [-0.1, -0.05) is 23.9 Å². The number of hydrogen-bond donors (Lipinski definition) is 2. The minimum Gasteiger partial charge on any atom is -0.345 e. The maximum Gasteiger partial charge on any atom is 0.254 e. The van der Waals surface area contributed by atoms with E-state index in [1.165, 1.54) is 41.3 Å². The molecule has 0 unspecified atom stereocenters. The summed E-state index contributed by atoms with van der Waals surface area (Å²) in [7, 11) is 0. The molecule has 2 heterocycles. The van der Waals surface area contributed by atoms with Gasteiger partial charge < -0.3 is 15.2 Å². The van der Waals surface area contributed by atoms with Crippen LogP contribution in [0.4, 0.5) is 9.52 Å². The Morgan fingerprint density at radius 2 is 2.00 bits per heavy atom. The van der Waals surface area contributed by atoms with E-state index in [4.69, 9.17) is 0 Å². The molecule has 2 amide bonds. The molecule has 0 fully saturated rings. The van der Waals surface area contributed by atoms with E-state index in [9.17, 15) is 14.0 Å². The Hall–Kier alpha value is -2.79. The number of aromatic nitrogens is 4. The summed E-state index contributed by atoms with van der Waals surface area (Å²) in [5.41, 5.74) is 0.867. The van der Waals surface area contributed by atoms with Crippen LogP contribution in [0.3, 0.4) is 0 Å². The first-order chi connectivity index (χ1) is 14.8. The van der Waals surface area contributed by atoms with Gasteiger partial charge in [0.1, 0.15) is 5.82 Å². The SMILES string of the molecule is CCn1c(CNC(=O)c2ccccc2F)nnc1S[C@@H](C)C(=O)Nc1nc(C)c(C)s1. The first-order valence-corrected chi connectivity index (χ1v) is 11.4. The number of nitrogens with zero attached hydrogens (tertiary/aromatic N) is 4. The number of benzene rings is 1. The molecule has 0 aliphatic rings. The van der Waals surface area contributed by atoms with Gasteiger partial charge in [-0.25, -0.2) is 9.37 Å². The second kappa shape index (κ2) is 10.0. The van der Waals surface area contributed by atoms with Crippen LogP contribution in [0.1, 0.15) is 40.6 Å². The van der Waals surface area contributed by atoms with Gasteiger partial charge in [0.05, 0.1) is 23.1 Å². The van der Waals surface area contributed by atoms with E-state index in [2.05, 4.69) is 25.8 Å². The van der Waals surface area contributed by atoms with E-state index in [0.717, 1.165) is 10.6 Å². The number of thioether (sulfide) groups is 1. The van der Waals surface area contributed by atoms with Crippen LogP contribution in [0.25, 0.3) is 0 Å². The van der Waals surface area contributed by atoms with Crippen molar-refractivity contribution in [3.05, 3.63) is 52.0 Å². The van der Waals surface area contributed by atoms with Gasteiger partial charge in [-0.15, -0.1) is 21.5 Å². The largest absolute Gasteiger partial charge is 0.345 e. The number of nitrogens with one attached hydrogen (secondary N) is 2. The maximum atomic E-state index is 13.8. The molecule has 2 aromatic heterocycles. The van der Waals surface area contributed by atoms with E-state index >= 15 is 0 Å². The summed E-state index contributed by atoms with van der Waals surface area (Å²) in [6.45, 7) is 8.20. The highest BCUT2D eigenvalue weighted by molar-refractivity contribution is 8.00. The van der Waals surface area contributed by atoms with Crippen molar-refractivity contribution >= 4 is 40.0 Å². The molecule has 31 heavy (non-hydrogen) atoms. The second-order valence-corrected chi connectivity index (χ2v) is 9.23. The van der Waals surface area contributed by atoms with Crippen LogP contribution >= 0.6 is 23.1 Å². The van der Waals surface area contributed by atoms with Crippen LogP contribution in [0, 0.1) is 19.7 Å². The second-order valence-electron chi connectivity index (χ2n) is 6.72. The average Bonchev–Trinajstić information content (AvgIpc) is 3.27. The van der Waals surface area contributed by atoms with Crippen LogP contribution < -0.4 is 10.6 Å². The van der Waals surface area contributed by atoms with Gasteiger partial charge in [0.25, 0.3) is 5.91 Å². The number of carbonyl (C=O) groups excluding carboxylic acids is 2. The van der Waals surface area contributed by atoms with E-state index in [1.807, 2.05) is 25.3 Å². The monoisotopic (exact) mass is 462 g/mol. The summed E-state index contributed by atoms with van der Waals surface area (Å²) < 4.78 is 15.6. The number of anilines is 1. The summed E-state index contributed by atoms with van der Waals surface area (Å²) in [6, 6.07) is 5.78. The topological polar surface area (TPSA) is 102 Å². The first-order valence-electron chi connectivity index (χ1n) is 9.66. The number of aryl methyl sites for hydroxylation is 2. The van der Waals surface area contributed by atoms with Gasteiger partial charge in [-0.05, 0) is 39.8 Å². The molecule has 0 bridgehead atoms.